The molecule has 0 aliphatic carbocycles. The van der Waals surface area contributed by atoms with E-state index in [1.807, 2.05) is 14.0 Å². The Bertz CT molecular complexity index is 603. The van der Waals surface area contributed by atoms with Gasteiger partial charge in [-0.1, -0.05) is 6.07 Å². The summed E-state index contributed by atoms with van der Waals surface area (Å²) in [5.41, 5.74) is 8.65. The quantitative estimate of drug-likeness (QED) is 0.886. The third-order valence-electron chi connectivity index (χ3n) is 3.51. The minimum atomic E-state index is -0.0326. The van der Waals surface area contributed by atoms with Crippen molar-refractivity contribution in [2.75, 3.05) is 20.1 Å². The molecule has 1 aromatic carbocycles. The monoisotopic (exact) mass is 260 g/mol. The molecule has 2 aromatic rings. The summed E-state index contributed by atoms with van der Waals surface area (Å²) in [6, 6.07) is 6.25. The highest BCUT2D eigenvalue weighted by Crippen LogP contribution is 2.16. The molecular weight excluding hydrogens is 240 g/mol. The fraction of sp³-hybridized carbons (Fsp3) is 0.429. The lowest BCUT2D eigenvalue weighted by Crippen LogP contribution is -2.34. The van der Waals surface area contributed by atoms with E-state index in [0.29, 0.717) is 6.54 Å². The average Bonchev–Trinajstić information content (AvgIpc) is 2.70. The van der Waals surface area contributed by atoms with E-state index in [2.05, 4.69) is 27.8 Å². The van der Waals surface area contributed by atoms with Crippen LogP contribution in [0.3, 0.4) is 0 Å². The SMILES string of the molecule is Cc1nc2cc(CCN(C)C(=O)CN)ccc2n1C. The summed E-state index contributed by atoms with van der Waals surface area (Å²) in [5.74, 6) is 0.970. The van der Waals surface area contributed by atoms with Gasteiger partial charge < -0.3 is 15.2 Å². The van der Waals surface area contributed by atoms with Crippen molar-refractivity contribution in [1.29, 1.82) is 0 Å². The van der Waals surface area contributed by atoms with Crippen molar-refractivity contribution in [2.24, 2.45) is 12.8 Å². The fourth-order valence-electron chi connectivity index (χ4n) is 2.10. The second-order valence-corrected chi connectivity index (χ2v) is 4.81. The minimum absolute atomic E-state index is 0.0326. The number of benzene rings is 1. The molecule has 0 radical (unpaired) electrons. The number of rotatable bonds is 4. The van der Waals surface area contributed by atoms with Crippen LogP contribution in [0.15, 0.2) is 18.2 Å². The first-order valence-corrected chi connectivity index (χ1v) is 6.39. The van der Waals surface area contributed by atoms with E-state index in [1.54, 1.807) is 11.9 Å². The summed E-state index contributed by atoms with van der Waals surface area (Å²) in [4.78, 5) is 17.6. The van der Waals surface area contributed by atoms with Crippen molar-refractivity contribution in [3.63, 3.8) is 0 Å². The number of amides is 1. The molecule has 0 atom stereocenters. The Morgan fingerprint density at radius 1 is 1.47 bits per heavy atom. The topological polar surface area (TPSA) is 64.2 Å². The molecule has 0 saturated heterocycles. The van der Waals surface area contributed by atoms with Gasteiger partial charge in [-0.25, -0.2) is 4.98 Å². The highest BCUT2D eigenvalue weighted by molar-refractivity contribution is 5.78. The van der Waals surface area contributed by atoms with Gasteiger partial charge in [0.15, 0.2) is 0 Å². The normalized spacial score (nSPS) is 10.9. The van der Waals surface area contributed by atoms with E-state index in [1.165, 1.54) is 5.56 Å². The van der Waals surface area contributed by atoms with Gasteiger partial charge >= 0.3 is 0 Å². The number of aryl methyl sites for hydroxylation is 2. The van der Waals surface area contributed by atoms with Crippen LogP contribution < -0.4 is 5.73 Å². The zero-order valence-electron chi connectivity index (χ0n) is 11.7. The number of nitrogens with two attached hydrogens (primary N) is 1. The molecule has 0 aliphatic heterocycles. The second kappa shape index (κ2) is 5.40. The number of nitrogens with zero attached hydrogens (tertiary/aromatic N) is 3. The number of likely N-dealkylation sites (N-methyl/N-ethyl adjacent to an activating group) is 1. The Balaban J connectivity index is 2.12. The zero-order valence-corrected chi connectivity index (χ0v) is 11.7. The maximum absolute atomic E-state index is 11.4. The molecule has 5 nitrogen and oxygen atoms in total. The number of aromatic nitrogens is 2. The van der Waals surface area contributed by atoms with Crippen LogP contribution in [0.25, 0.3) is 11.0 Å². The van der Waals surface area contributed by atoms with E-state index < -0.39 is 0 Å². The Morgan fingerprint density at radius 2 is 2.21 bits per heavy atom. The van der Waals surface area contributed by atoms with Gasteiger partial charge in [-0.05, 0) is 31.0 Å². The highest BCUT2D eigenvalue weighted by atomic mass is 16.2. The fourth-order valence-corrected chi connectivity index (χ4v) is 2.10. The van der Waals surface area contributed by atoms with E-state index >= 15 is 0 Å². The van der Waals surface area contributed by atoms with Crippen molar-refractivity contribution < 1.29 is 4.79 Å². The van der Waals surface area contributed by atoms with Crippen LogP contribution in [0.4, 0.5) is 0 Å². The highest BCUT2D eigenvalue weighted by Gasteiger charge is 2.08. The number of hydrogen-bond donors (Lipinski definition) is 1. The van der Waals surface area contributed by atoms with Crippen LogP contribution in [-0.4, -0.2) is 40.5 Å². The van der Waals surface area contributed by atoms with Gasteiger partial charge in [-0.2, -0.15) is 0 Å². The van der Waals surface area contributed by atoms with Gasteiger partial charge in [0.05, 0.1) is 17.6 Å². The van der Waals surface area contributed by atoms with Crippen LogP contribution in [0.5, 0.6) is 0 Å². The molecule has 1 aromatic heterocycles. The van der Waals surface area contributed by atoms with Crippen LogP contribution in [-0.2, 0) is 18.3 Å². The van der Waals surface area contributed by atoms with E-state index in [4.69, 9.17) is 5.73 Å². The smallest absolute Gasteiger partial charge is 0.236 e. The van der Waals surface area contributed by atoms with Crippen LogP contribution in [0.1, 0.15) is 11.4 Å². The van der Waals surface area contributed by atoms with Gasteiger partial charge in [0, 0.05) is 20.6 Å². The van der Waals surface area contributed by atoms with E-state index in [-0.39, 0.29) is 12.5 Å². The lowest BCUT2D eigenvalue weighted by Gasteiger charge is -2.15. The molecule has 1 heterocycles. The van der Waals surface area contributed by atoms with Gasteiger partial charge in [-0.15, -0.1) is 0 Å². The molecule has 0 saturated carbocycles. The summed E-state index contributed by atoms with van der Waals surface area (Å²) in [5, 5.41) is 0. The number of imidazole rings is 1. The number of fused-ring (bicyclic) bond motifs is 1. The van der Waals surface area contributed by atoms with Crippen molar-refractivity contribution in [3.8, 4) is 0 Å². The van der Waals surface area contributed by atoms with Crippen LogP contribution >= 0.6 is 0 Å². The molecule has 0 spiro atoms. The van der Waals surface area contributed by atoms with Crippen LogP contribution in [0, 0.1) is 6.92 Å². The Hall–Kier alpha value is -1.88. The zero-order chi connectivity index (χ0) is 14.0. The summed E-state index contributed by atoms with van der Waals surface area (Å²) in [7, 11) is 3.79. The summed E-state index contributed by atoms with van der Waals surface area (Å²) < 4.78 is 2.07. The predicted octanol–water partition coefficient (Wildman–Crippen LogP) is 0.841. The lowest BCUT2D eigenvalue weighted by molar-refractivity contribution is -0.128. The minimum Gasteiger partial charge on any atom is -0.344 e. The Morgan fingerprint density at radius 3 is 2.89 bits per heavy atom. The maximum Gasteiger partial charge on any atom is 0.236 e. The van der Waals surface area contributed by atoms with Crippen LogP contribution in [0.2, 0.25) is 0 Å². The molecule has 5 heteroatoms. The Labute approximate surface area is 113 Å². The van der Waals surface area contributed by atoms with Crippen molar-refractivity contribution >= 4 is 16.9 Å². The van der Waals surface area contributed by atoms with E-state index in [9.17, 15) is 4.79 Å². The largest absolute Gasteiger partial charge is 0.344 e. The molecule has 102 valence electrons. The van der Waals surface area contributed by atoms with Crippen molar-refractivity contribution in [3.05, 3.63) is 29.6 Å². The molecule has 0 bridgehead atoms. The van der Waals surface area contributed by atoms with E-state index in [0.717, 1.165) is 23.3 Å². The molecular formula is C14H20N4O. The standard InChI is InChI=1S/C14H20N4O/c1-10-16-12-8-11(4-5-13(12)18(10)3)6-7-17(2)14(19)9-15/h4-5,8H,6-7,9,15H2,1-3H3. The first kappa shape index (κ1) is 13.5. The summed E-state index contributed by atoms with van der Waals surface area (Å²) in [6.45, 7) is 2.73. The van der Waals surface area contributed by atoms with Gasteiger partial charge in [-0.3, -0.25) is 4.79 Å². The van der Waals surface area contributed by atoms with Gasteiger partial charge in [0.2, 0.25) is 5.91 Å². The van der Waals surface area contributed by atoms with Gasteiger partial charge in [0.25, 0.3) is 0 Å². The first-order valence-electron chi connectivity index (χ1n) is 6.39. The predicted molar refractivity (Wildman–Crippen MR) is 75.8 cm³/mol. The molecule has 0 aliphatic rings. The number of hydrogen-bond acceptors (Lipinski definition) is 3. The molecule has 0 fully saturated rings. The average molecular weight is 260 g/mol. The second-order valence-electron chi connectivity index (χ2n) is 4.81. The molecule has 2 N–H and O–H groups in total. The van der Waals surface area contributed by atoms with Crippen molar-refractivity contribution in [1.82, 2.24) is 14.5 Å². The molecule has 0 unspecified atom stereocenters. The number of carbonyl (C=O) groups is 1. The lowest BCUT2D eigenvalue weighted by atomic mass is 10.1. The van der Waals surface area contributed by atoms with Crippen molar-refractivity contribution in [2.45, 2.75) is 13.3 Å². The molecule has 2 rings (SSSR count). The first-order chi connectivity index (χ1) is 9.02. The third-order valence-corrected chi connectivity index (χ3v) is 3.51. The Kier molecular flexibility index (Phi) is 3.85. The third kappa shape index (κ3) is 2.76. The molecule has 1 amide bonds. The summed E-state index contributed by atoms with van der Waals surface area (Å²) in [6.07, 6.45) is 0.813. The summed E-state index contributed by atoms with van der Waals surface area (Å²) >= 11 is 0. The van der Waals surface area contributed by atoms with Gasteiger partial charge in [0.1, 0.15) is 5.82 Å². The molecule has 19 heavy (non-hydrogen) atoms. The number of carbonyl (C=O) groups excluding carboxylic acids is 1. The maximum atomic E-state index is 11.4.